The first-order valence-corrected chi connectivity index (χ1v) is 6.67. The largest absolute Gasteiger partial charge is 0.392 e. The van der Waals surface area contributed by atoms with E-state index in [1.807, 2.05) is 22.9 Å². The summed E-state index contributed by atoms with van der Waals surface area (Å²) in [5, 5.41) is 14.3. The van der Waals surface area contributed by atoms with Crippen molar-refractivity contribution in [3.8, 4) is 0 Å². The highest BCUT2D eigenvalue weighted by Crippen LogP contribution is 2.20. The highest BCUT2D eigenvalue weighted by molar-refractivity contribution is 5.80. The summed E-state index contributed by atoms with van der Waals surface area (Å²) in [5.74, 6) is 1.29. The molecule has 3 aromatic rings. The van der Waals surface area contributed by atoms with Crippen LogP contribution in [0.15, 0.2) is 29.0 Å². The summed E-state index contributed by atoms with van der Waals surface area (Å²) in [6.07, 6.45) is 5.39. The van der Waals surface area contributed by atoms with Crippen molar-refractivity contribution < 1.29 is 9.63 Å². The second-order valence-electron chi connectivity index (χ2n) is 4.67. The molecule has 0 radical (unpaired) electrons. The maximum atomic E-state index is 9.40. The average Bonchev–Trinajstić information content (AvgIpc) is 3.05. The van der Waals surface area contributed by atoms with Crippen LogP contribution >= 0.6 is 0 Å². The summed E-state index contributed by atoms with van der Waals surface area (Å²) in [6, 6.07) is 3.81. The molecule has 3 aromatic heterocycles. The molecular formula is C14H16N4O2. The summed E-state index contributed by atoms with van der Waals surface area (Å²) in [6.45, 7) is 2.55. The molecule has 0 amide bonds. The number of hydrogen-bond acceptors (Lipinski definition) is 5. The Labute approximate surface area is 116 Å². The molecule has 0 spiro atoms. The van der Waals surface area contributed by atoms with Crippen molar-refractivity contribution in [1.29, 1.82) is 0 Å². The Morgan fingerprint density at radius 2 is 2.30 bits per heavy atom. The van der Waals surface area contributed by atoms with Gasteiger partial charge in [0.15, 0.2) is 5.82 Å². The Morgan fingerprint density at radius 3 is 3.10 bits per heavy atom. The molecule has 0 saturated heterocycles. The summed E-state index contributed by atoms with van der Waals surface area (Å²) >= 11 is 0. The van der Waals surface area contributed by atoms with E-state index >= 15 is 0 Å². The van der Waals surface area contributed by atoms with E-state index < -0.39 is 0 Å². The molecule has 6 heteroatoms. The van der Waals surface area contributed by atoms with Crippen LogP contribution in [-0.2, 0) is 19.6 Å². The fourth-order valence-electron chi connectivity index (χ4n) is 2.26. The fourth-order valence-corrected chi connectivity index (χ4v) is 2.26. The SMILES string of the molecule is CCCc1nc(Cn2cc(CO)c3cccnc32)no1. The molecule has 3 rings (SSSR count). The van der Waals surface area contributed by atoms with Crippen molar-refractivity contribution in [2.75, 3.05) is 0 Å². The maximum Gasteiger partial charge on any atom is 0.226 e. The second-order valence-corrected chi connectivity index (χ2v) is 4.67. The van der Waals surface area contributed by atoms with E-state index in [0.717, 1.165) is 29.4 Å². The topological polar surface area (TPSA) is 77.0 Å². The molecule has 0 fully saturated rings. The normalized spacial score (nSPS) is 11.3. The van der Waals surface area contributed by atoms with E-state index in [9.17, 15) is 5.11 Å². The van der Waals surface area contributed by atoms with Gasteiger partial charge in [0.05, 0.1) is 13.2 Å². The van der Waals surface area contributed by atoms with Crippen LogP contribution in [0.2, 0.25) is 0 Å². The molecule has 104 valence electrons. The third-order valence-corrected chi connectivity index (χ3v) is 3.17. The Morgan fingerprint density at radius 1 is 1.40 bits per heavy atom. The molecule has 0 unspecified atom stereocenters. The molecule has 0 aliphatic carbocycles. The van der Waals surface area contributed by atoms with E-state index in [1.54, 1.807) is 6.20 Å². The number of pyridine rings is 1. The van der Waals surface area contributed by atoms with Gasteiger partial charge < -0.3 is 14.2 Å². The predicted molar refractivity (Wildman–Crippen MR) is 73.1 cm³/mol. The van der Waals surface area contributed by atoms with Gasteiger partial charge >= 0.3 is 0 Å². The van der Waals surface area contributed by atoms with Crippen LogP contribution in [0.5, 0.6) is 0 Å². The number of nitrogens with zero attached hydrogens (tertiary/aromatic N) is 4. The van der Waals surface area contributed by atoms with Gasteiger partial charge in [-0.3, -0.25) is 0 Å². The number of rotatable bonds is 5. The van der Waals surface area contributed by atoms with Crippen molar-refractivity contribution in [2.45, 2.75) is 32.9 Å². The molecule has 20 heavy (non-hydrogen) atoms. The van der Waals surface area contributed by atoms with Gasteiger partial charge in [0.1, 0.15) is 5.65 Å². The Bertz CT molecular complexity index is 717. The van der Waals surface area contributed by atoms with Crippen molar-refractivity contribution in [2.24, 2.45) is 0 Å². The van der Waals surface area contributed by atoms with Gasteiger partial charge in [-0.15, -0.1) is 0 Å². The van der Waals surface area contributed by atoms with Gasteiger partial charge in [-0.25, -0.2) is 4.98 Å². The minimum Gasteiger partial charge on any atom is -0.392 e. The zero-order chi connectivity index (χ0) is 13.9. The summed E-state index contributed by atoms with van der Waals surface area (Å²) in [4.78, 5) is 8.70. The quantitative estimate of drug-likeness (QED) is 0.767. The summed E-state index contributed by atoms with van der Waals surface area (Å²) in [7, 11) is 0. The minimum atomic E-state index is -0.0114. The van der Waals surface area contributed by atoms with Crippen LogP contribution in [0.4, 0.5) is 0 Å². The smallest absolute Gasteiger partial charge is 0.226 e. The zero-order valence-electron chi connectivity index (χ0n) is 11.3. The third kappa shape index (κ3) is 2.30. The lowest BCUT2D eigenvalue weighted by atomic mass is 10.2. The molecule has 0 aliphatic heterocycles. The number of fused-ring (bicyclic) bond motifs is 1. The molecular weight excluding hydrogens is 256 g/mol. The predicted octanol–water partition coefficient (Wildman–Crippen LogP) is 1.91. The standard InChI is InChI=1S/C14H16N4O2/c1-2-4-13-16-12(17-20-13)8-18-7-10(9-19)11-5-3-6-15-14(11)18/h3,5-7,19H,2,4,8-9H2,1H3. The summed E-state index contributed by atoms with van der Waals surface area (Å²) in [5.41, 5.74) is 1.67. The van der Waals surface area contributed by atoms with Crippen molar-refractivity contribution in [3.63, 3.8) is 0 Å². The van der Waals surface area contributed by atoms with Gasteiger partial charge in [-0.05, 0) is 18.6 Å². The lowest BCUT2D eigenvalue weighted by Crippen LogP contribution is -2.01. The van der Waals surface area contributed by atoms with Crippen molar-refractivity contribution >= 4 is 11.0 Å². The molecule has 0 aromatic carbocycles. The lowest BCUT2D eigenvalue weighted by Gasteiger charge is -1.99. The van der Waals surface area contributed by atoms with E-state index in [0.29, 0.717) is 18.3 Å². The van der Waals surface area contributed by atoms with E-state index in [2.05, 4.69) is 22.0 Å². The summed E-state index contributed by atoms with van der Waals surface area (Å²) < 4.78 is 7.11. The molecule has 3 heterocycles. The van der Waals surface area contributed by atoms with Gasteiger partial charge in [-0.2, -0.15) is 4.98 Å². The molecule has 6 nitrogen and oxygen atoms in total. The van der Waals surface area contributed by atoms with Crippen LogP contribution in [0.3, 0.4) is 0 Å². The van der Waals surface area contributed by atoms with Gasteiger partial charge in [0.25, 0.3) is 0 Å². The van der Waals surface area contributed by atoms with Gasteiger partial charge in [-0.1, -0.05) is 12.1 Å². The Balaban J connectivity index is 1.93. The molecule has 0 saturated carbocycles. The first-order chi connectivity index (χ1) is 9.81. The molecule has 0 atom stereocenters. The van der Waals surface area contributed by atoms with E-state index in [1.165, 1.54) is 0 Å². The number of aliphatic hydroxyl groups excluding tert-OH is 1. The fraction of sp³-hybridized carbons (Fsp3) is 0.357. The Kier molecular flexibility index (Phi) is 3.47. The van der Waals surface area contributed by atoms with Crippen LogP contribution in [-0.4, -0.2) is 24.8 Å². The first kappa shape index (κ1) is 12.8. The first-order valence-electron chi connectivity index (χ1n) is 6.67. The highest BCUT2D eigenvalue weighted by Gasteiger charge is 2.11. The van der Waals surface area contributed by atoms with Crippen LogP contribution < -0.4 is 0 Å². The van der Waals surface area contributed by atoms with Crippen LogP contribution in [0, 0.1) is 0 Å². The van der Waals surface area contributed by atoms with Gasteiger partial charge in [0, 0.05) is 29.8 Å². The van der Waals surface area contributed by atoms with Gasteiger partial charge in [0.2, 0.25) is 5.89 Å². The monoisotopic (exact) mass is 272 g/mol. The van der Waals surface area contributed by atoms with Crippen LogP contribution in [0.25, 0.3) is 11.0 Å². The van der Waals surface area contributed by atoms with Crippen LogP contribution in [0.1, 0.15) is 30.6 Å². The number of aryl methyl sites for hydroxylation is 1. The zero-order valence-corrected chi connectivity index (χ0v) is 11.3. The van der Waals surface area contributed by atoms with Crippen molar-refractivity contribution in [1.82, 2.24) is 19.7 Å². The number of aliphatic hydroxyl groups is 1. The number of hydrogen-bond donors (Lipinski definition) is 1. The third-order valence-electron chi connectivity index (χ3n) is 3.17. The maximum absolute atomic E-state index is 9.40. The molecule has 1 N–H and O–H groups in total. The number of aromatic nitrogens is 4. The lowest BCUT2D eigenvalue weighted by molar-refractivity contribution is 0.283. The Hall–Kier alpha value is -2.21. The van der Waals surface area contributed by atoms with E-state index in [-0.39, 0.29) is 6.61 Å². The minimum absolute atomic E-state index is 0.0114. The molecule has 0 bridgehead atoms. The molecule has 0 aliphatic rings. The van der Waals surface area contributed by atoms with E-state index in [4.69, 9.17) is 4.52 Å². The highest BCUT2D eigenvalue weighted by atomic mass is 16.5. The second kappa shape index (κ2) is 5.42. The van der Waals surface area contributed by atoms with Crippen molar-refractivity contribution in [3.05, 3.63) is 41.8 Å². The average molecular weight is 272 g/mol.